The van der Waals surface area contributed by atoms with Gasteiger partial charge in [-0.2, -0.15) is 0 Å². The van der Waals surface area contributed by atoms with Crippen molar-refractivity contribution in [3.05, 3.63) is 40.3 Å². The molecule has 1 aromatic carbocycles. The van der Waals surface area contributed by atoms with Crippen LogP contribution >= 0.6 is 0 Å². The van der Waals surface area contributed by atoms with E-state index in [9.17, 15) is 4.79 Å². The summed E-state index contributed by atoms with van der Waals surface area (Å²) in [4.78, 5) is 13.8. The molecule has 0 N–H and O–H groups in total. The molecule has 1 rings (SSSR count). The zero-order valence-corrected chi connectivity index (χ0v) is 10.0. The molecule has 0 fully saturated rings. The van der Waals surface area contributed by atoms with Crippen LogP contribution in [0, 0.1) is 0 Å². The van der Waals surface area contributed by atoms with E-state index in [2.05, 4.69) is 25.1 Å². The zero-order valence-electron chi connectivity index (χ0n) is 10.0. The number of methoxy groups -OCH3 is 1. The quantitative estimate of drug-likeness (QED) is 0.263. The minimum Gasteiger partial charge on any atom is -0.465 e. The summed E-state index contributed by atoms with van der Waals surface area (Å²) in [6.07, 6.45) is 0. The number of ether oxygens (including phenoxy) is 1. The van der Waals surface area contributed by atoms with E-state index in [1.165, 1.54) is 12.1 Å². The highest BCUT2D eigenvalue weighted by Crippen LogP contribution is 2.14. The number of azide groups is 1. The molecular formula is C10H12N6O2. The molecule has 0 saturated heterocycles. The number of benzene rings is 1. The van der Waals surface area contributed by atoms with Crippen LogP contribution < -0.4 is 0 Å². The third-order valence-electron chi connectivity index (χ3n) is 1.93. The average Bonchev–Trinajstić information content (AvgIpc) is 2.42. The van der Waals surface area contributed by atoms with E-state index in [-0.39, 0.29) is 6.67 Å². The molecule has 0 atom stereocenters. The van der Waals surface area contributed by atoms with Crippen molar-refractivity contribution in [3.63, 3.8) is 0 Å². The Morgan fingerprint density at radius 3 is 2.67 bits per heavy atom. The van der Waals surface area contributed by atoms with Crippen molar-refractivity contribution in [2.24, 2.45) is 15.5 Å². The number of carbonyl (C=O) groups excluding carboxylic acids is 1. The monoisotopic (exact) mass is 248 g/mol. The molecule has 94 valence electrons. The number of esters is 1. The third-order valence-corrected chi connectivity index (χ3v) is 1.93. The van der Waals surface area contributed by atoms with E-state index < -0.39 is 5.97 Å². The summed E-state index contributed by atoms with van der Waals surface area (Å²) in [5.74, 6) is -0.404. The molecule has 8 heteroatoms. The normalized spacial score (nSPS) is 9.89. The second-order valence-corrected chi connectivity index (χ2v) is 3.26. The molecule has 0 aromatic heterocycles. The van der Waals surface area contributed by atoms with Crippen molar-refractivity contribution in [1.82, 2.24) is 5.01 Å². The topological polar surface area (TPSA) is 103 Å². The van der Waals surface area contributed by atoms with Gasteiger partial charge >= 0.3 is 5.97 Å². The smallest absolute Gasteiger partial charge is 0.337 e. The summed E-state index contributed by atoms with van der Waals surface area (Å²) >= 11 is 0. The number of carbonyl (C=O) groups is 1. The van der Waals surface area contributed by atoms with E-state index in [1.807, 2.05) is 0 Å². The Hall–Kier alpha value is -2.60. The van der Waals surface area contributed by atoms with Gasteiger partial charge in [0.25, 0.3) is 0 Å². The first-order chi connectivity index (χ1) is 8.67. The van der Waals surface area contributed by atoms with Gasteiger partial charge in [0.1, 0.15) is 6.67 Å². The van der Waals surface area contributed by atoms with Gasteiger partial charge in [0.15, 0.2) is 0 Å². The summed E-state index contributed by atoms with van der Waals surface area (Å²) in [6, 6.07) is 6.45. The van der Waals surface area contributed by atoms with Crippen molar-refractivity contribution in [2.45, 2.75) is 0 Å². The SMILES string of the molecule is COC(=O)c1ccc(N=NN(C)CN=[N+]=[N-])cc1. The largest absolute Gasteiger partial charge is 0.465 e. The highest BCUT2D eigenvalue weighted by molar-refractivity contribution is 5.89. The Morgan fingerprint density at radius 2 is 2.11 bits per heavy atom. The summed E-state index contributed by atoms with van der Waals surface area (Å²) in [5.41, 5.74) is 9.14. The van der Waals surface area contributed by atoms with E-state index >= 15 is 0 Å². The second kappa shape index (κ2) is 6.87. The predicted molar refractivity (Wildman–Crippen MR) is 64.1 cm³/mol. The van der Waals surface area contributed by atoms with Gasteiger partial charge in [0, 0.05) is 12.0 Å². The third kappa shape index (κ3) is 4.11. The van der Waals surface area contributed by atoms with Gasteiger partial charge in [-0.05, 0) is 29.8 Å². The molecule has 0 radical (unpaired) electrons. The van der Waals surface area contributed by atoms with Gasteiger partial charge in [-0.15, -0.1) is 5.11 Å². The van der Waals surface area contributed by atoms with Crippen molar-refractivity contribution in [1.29, 1.82) is 0 Å². The number of rotatable bonds is 5. The van der Waals surface area contributed by atoms with Crippen LogP contribution in [0.1, 0.15) is 10.4 Å². The summed E-state index contributed by atoms with van der Waals surface area (Å²) in [6.45, 7) is 0.0975. The average molecular weight is 248 g/mol. The molecule has 0 saturated carbocycles. The van der Waals surface area contributed by atoms with Crippen LogP contribution in [0.2, 0.25) is 0 Å². The molecular weight excluding hydrogens is 236 g/mol. The van der Waals surface area contributed by atoms with Crippen molar-refractivity contribution >= 4 is 11.7 Å². The lowest BCUT2D eigenvalue weighted by Crippen LogP contribution is -2.08. The standard InChI is InChI=1S/C10H12N6O2/c1-16(7-12-14-11)15-13-9-5-3-8(4-6-9)10(17)18-2/h3-6H,7H2,1-2H3. The Bertz CT molecular complexity index is 478. The minimum atomic E-state index is -0.404. The van der Waals surface area contributed by atoms with Crippen LogP contribution in [0.15, 0.2) is 39.7 Å². The van der Waals surface area contributed by atoms with E-state index in [0.717, 1.165) is 0 Å². The number of hydrogen-bond acceptors (Lipinski definition) is 5. The maximum atomic E-state index is 11.2. The molecule has 0 amide bonds. The van der Waals surface area contributed by atoms with Gasteiger partial charge in [0.05, 0.1) is 18.4 Å². The fraction of sp³-hybridized carbons (Fsp3) is 0.300. The Balaban J connectivity index is 2.65. The lowest BCUT2D eigenvalue weighted by Gasteiger charge is -2.05. The van der Waals surface area contributed by atoms with Crippen LogP contribution in [-0.2, 0) is 4.74 Å². The Kier molecular flexibility index (Phi) is 5.14. The van der Waals surface area contributed by atoms with Crippen molar-refractivity contribution in [2.75, 3.05) is 20.8 Å². The van der Waals surface area contributed by atoms with E-state index in [0.29, 0.717) is 11.3 Å². The van der Waals surface area contributed by atoms with Crippen LogP contribution in [0.4, 0.5) is 5.69 Å². The minimum absolute atomic E-state index is 0.0975. The predicted octanol–water partition coefficient (Wildman–Crippen LogP) is 2.67. The van der Waals surface area contributed by atoms with E-state index in [1.54, 1.807) is 31.3 Å². The first-order valence-electron chi connectivity index (χ1n) is 4.99. The number of nitrogens with zero attached hydrogens (tertiary/aromatic N) is 6. The van der Waals surface area contributed by atoms with Crippen LogP contribution in [0.5, 0.6) is 0 Å². The maximum absolute atomic E-state index is 11.2. The summed E-state index contributed by atoms with van der Waals surface area (Å²) in [5, 5.41) is 12.4. The zero-order chi connectivity index (χ0) is 13.4. The summed E-state index contributed by atoms with van der Waals surface area (Å²) < 4.78 is 4.57. The molecule has 0 heterocycles. The fourth-order valence-corrected chi connectivity index (χ4v) is 1.06. The highest BCUT2D eigenvalue weighted by atomic mass is 16.5. The second-order valence-electron chi connectivity index (χ2n) is 3.26. The molecule has 0 unspecified atom stereocenters. The molecule has 1 aromatic rings. The maximum Gasteiger partial charge on any atom is 0.337 e. The lowest BCUT2D eigenvalue weighted by molar-refractivity contribution is 0.0601. The first kappa shape index (κ1) is 13.5. The fourth-order valence-electron chi connectivity index (χ4n) is 1.06. The van der Waals surface area contributed by atoms with Gasteiger partial charge in [-0.25, -0.2) is 4.79 Å². The van der Waals surface area contributed by atoms with Crippen molar-refractivity contribution in [3.8, 4) is 0 Å². The highest BCUT2D eigenvalue weighted by Gasteiger charge is 2.03. The van der Waals surface area contributed by atoms with Gasteiger partial charge in [-0.1, -0.05) is 10.3 Å². The van der Waals surface area contributed by atoms with Crippen molar-refractivity contribution < 1.29 is 9.53 Å². The lowest BCUT2D eigenvalue weighted by atomic mass is 10.2. The Labute approximate surface area is 103 Å². The first-order valence-corrected chi connectivity index (χ1v) is 4.99. The molecule has 8 nitrogen and oxygen atoms in total. The van der Waals surface area contributed by atoms with Crippen LogP contribution in [0.25, 0.3) is 10.4 Å². The summed E-state index contributed by atoms with van der Waals surface area (Å²) in [7, 11) is 2.95. The van der Waals surface area contributed by atoms with Gasteiger partial charge in [-0.3, -0.25) is 5.01 Å². The number of hydrogen-bond donors (Lipinski definition) is 0. The van der Waals surface area contributed by atoms with Crippen LogP contribution in [-0.4, -0.2) is 31.8 Å². The molecule has 0 aliphatic rings. The van der Waals surface area contributed by atoms with E-state index in [4.69, 9.17) is 5.53 Å². The molecule has 0 spiro atoms. The van der Waals surface area contributed by atoms with Gasteiger partial charge in [0.2, 0.25) is 0 Å². The van der Waals surface area contributed by atoms with Gasteiger partial charge < -0.3 is 4.74 Å². The molecule has 0 aliphatic carbocycles. The van der Waals surface area contributed by atoms with Crippen LogP contribution in [0.3, 0.4) is 0 Å². The molecule has 18 heavy (non-hydrogen) atoms. The Morgan fingerprint density at radius 1 is 1.44 bits per heavy atom. The molecule has 0 aliphatic heterocycles. The molecule has 0 bridgehead atoms.